The summed E-state index contributed by atoms with van der Waals surface area (Å²) in [7, 11) is 0. The summed E-state index contributed by atoms with van der Waals surface area (Å²) in [4.78, 5) is 4.37. The minimum atomic E-state index is -0.718. The third kappa shape index (κ3) is 2.98. The smallest absolute Gasteiger partial charge is 0.0832 e. The van der Waals surface area contributed by atoms with E-state index in [1.807, 2.05) is 26.8 Å². The first kappa shape index (κ1) is 14.9. The molecule has 0 aromatic carbocycles. The van der Waals surface area contributed by atoms with Gasteiger partial charge >= 0.3 is 0 Å². The Kier molecular flexibility index (Phi) is 5.07. The number of nitrogens with two attached hydrogens (primary N) is 1. The van der Waals surface area contributed by atoms with Gasteiger partial charge < -0.3 is 21.3 Å². The average Bonchev–Trinajstić information content (AvgIpc) is 2.35. The van der Waals surface area contributed by atoms with Gasteiger partial charge in [0.25, 0.3) is 0 Å². The molecule has 1 aromatic heterocycles. The number of rotatable bonds is 6. The molecule has 0 amide bonds. The van der Waals surface area contributed by atoms with E-state index in [1.54, 1.807) is 0 Å². The topological polar surface area (TPSA) is 91.4 Å². The maximum absolute atomic E-state index is 9.47. The molecule has 0 aliphatic carbocycles. The van der Waals surface area contributed by atoms with Crippen LogP contribution in [0.15, 0.2) is 6.07 Å². The van der Waals surface area contributed by atoms with Gasteiger partial charge in [-0.1, -0.05) is 6.92 Å². The van der Waals surface area contributed by atoms with Crippen LogP contribution in [0.5, 0.6) is 0 Å². The highest BCUT2D eigenvalue weighted by molar-refractivity contribution is 5.55. The van der Waals surface area contributed by atoms with Gasteiger partial charge in [-0.25, -0.2) is 0 Å². The number of aromatic nitrogens is 1. The van der Waals surface area contributed by atoms with Gasteiger partial charge in [0.1, 0.15) is 0 Å². The first-order chi connectivity index (χ1) is 8.51. The van der Waals surface area contributed by atoms with Gasteiger partial charge in [-0.2, -0.15) is 0 Å². The second kappa shape index (κ2) is 6.13. The van der Waals surface area contributed by atoms with Crippen molar-refractivity contribution in [1.29, 1.82) is 0 Å². The van der Waals surface area contributed by atoms with Crippen LogP contribution in [0.3, 0.4) is 0 Å². The van der Waals surface area contributed by atoms with Crippen LogP contribution >= 0.6 is 0 Å². The predicted octanol–water partition coefficient (Wildman–Crippen LogP) is 0.702. The van der Waals surface area contributed by atoms with Gasteiger partial charge in [-0.05, 0) is 26.3 Å². The highest BCUT2D eigenvalue weighted by Crippen LogP contribution is 2.24. The van der Waals surface area contributed by atoms with Crippen LogP contribution < -0.4 is 11.1 Å². The number of aliphatic hydroxyl groups excluding tert-OH is 2. The summed E-state index contributed by atoms with van der Waals surface area (Å²) in [5.41, 5.74) is 8.54. The van der Waals surface area contributed by atoms with E-state index < -0.39 is 5.54 Å². The number of aryl methyl sites for hydroxylation is 2. The second-order valence-electron chi connectivity index (χ2n) is 4.65. The second-order valence-corrected chi connectivity index (χ2v) is 4.65. The third-order valence-corrected chi connectivity index (χ3v) is 3.35. The molecule has 0 aliphatic heterocycles. The van der Waals surface area contributed by atoms with E-state index in [-0.39, 0.29) is 13.2 Å². The fraction of sp³-hybridized carbons (Fsp3) is 0.615. The Morgan fingerprint density at radius 2 is 1.94 bits per heavy atom. The molecule has 0 saturated carbocycles. The van der Waals surface area contributed by atoms with Crippen LogP contribution in [0.1, 0.15) is 30.3 Å². The normalized spacial score (nSPS) is 11.7. The molecule has 0 saturated heterocycles. The van der Waals surface area contributed by atoms with E-state index >= 15 is 0 Å². The molecule has 0 radical (unpaired) electrons. The molecule has 0 fully saturated rings. The minimum absolute atomic E-state index is 0.134. The number of pyridine rings is 1. The molecule has 0 spiro atoms. The van der Waals surface area contributed by atoms with Gasteiger partial charge in [0.15, 0.2) is 0 Å². The number of hydrogen-bond acceptors (Lipinski definition) is 5. The maximum Gasteiger partial charge on any atom is 0.0832 e. The van der Waals surface area contributed by atoms with Crippen molar-refractivity contribution in [3.63, 3.8) is 0 Å². The standard InChI is InChI=1S/C13H23N3O2/c1-4-13(7-17,8-18)16-12-5-9(2)15-10(3)11(12)6-14/h5,17-18H,4,6-8,14H2,1-3H3,(H,15,16). The van der Waals surface area contributed by atoms with E-state index in [4.69, 9.17) is 5.73 Å². The fourth-order valence-electron chi connectivity index (χ4n) is 1.95. The Morgan fingerprint density at radius 3 is 2.39 bits per heavy atom. The summed E-state index contributed by atoms with van der Waals surface area (Å²) in [6.07, 6.45) is 0.616. The molecule has 102 valence electrons. The summed E-state index contributed by atoms with van der Waals surface area (Å²) in [5, 5.41) is 22.2. The van der Waals surface area contributed by atoms with Crippen molar-refractivity contribution in [2.24, 2.45) is 5.73 Å². The summed E-state index contributed by atoms with van der Waals surface area (Å²) < 4.78 is 0. The van der Waals surface area contributed by atoms with Gasteiger partial charge in [0.05, 0.1) is 18.8 Å². The lowest BCUT2D eigenvalue weighted by Gasteiger charge is -2.32. The monoisotopic (exact) mass is 253 g/mol. The molecule has 18 heavy (non-hydrogen) atoms. The first-order valence-electron chi connectivity index (χ1n) is 6.19. The zero-order valence-electron chi connectivity index (χ0n) is 11.3. The van der Waals surface area contributed by atoms with Crippen LogP contribution in [0, 0.1) is 13.8 Å². The van der Waals surface area contributed by atoms with E-state index in [1.165, 1.54) is 0 Å². The number of aliphatic hydroxyl groups is 2. The van der Waals surface area contributed by atoms with Crippen LogP contribution in [-0.2, 0) is 6.54 Å². The quantitative estimate of drug-likeness (QED) is 0.599. The van der Waals surface area contributed by atoms with Crippen molar-refractivity contribution in [1.82, 2.24) is 4.98 Å². The number of anilines is 1. The number of nitrogens with zero attached hydrogens (tertiary/aromatic N) is 1. The van der Waals surface area contributed by atoms with Crippen molar-refractivity contribution in [2.45, 2.75) is 39.3 Å². The maximum atomic E-state index is 9.47. The van der Waals surface area contributed by atoms with Crippen molar-refractivity contribution < 1.29 is 10.2 Å². The Hall–Kier alpha value is -1.17. The molecule has 1 rings (SSSR count). The lowest BCUT2D eigenvalue weighted by atomic mass is 9.97. The molecular weight excluding hydrogens is 230 g/mol. The van der Waals surface area contributed by atoms with Crippen molar-refractivity contribution in [3.05, 3.63) is 23.0 Å². The molecule has 0 bridgehead atoms. The summed E-state index contributed by atoms with van der Waals surface area (Å²) in [6.45, 7) is 5.84. The summed E-state index contributed by atoms with van der Waals surface area (Å²) >= 11 is 0. The Balaban J connectivity index is 3.16. The zero-order chi connectivity index (χ0) is 13.8. The molecule has 5 heteroatoms. The molecule has 0 aliphatic rings. The lowest BCUT2D eigenvalue weighted by molar-refractivity contribution is 0.132. The predicted molar refractivity (Wildman–Crippen MR) is 72.4 cm³/mol. The Labute approximate surface area is 108 Å². The van der Waals surface area contributed by atoms with Crippen LogP contribution in [0.2, 0.25) is 0 Å². The molecule has 0 atom stereocenters. The molecular formula is C13H23N3O2. The van der Waals surface area contributed by atoms with Gasteiger partial charge in [-0.15, -0.1) is 0 Å². The summed E-state index contributed by atoms with van der Waals surface area (Å²) in [6, 6.07) is 1.89. The van der Waals surface area contributed by atoms with E-state index in [2.05, 4.69) is 10.3 Å². The van der Waals surface area contributed by atoms with E-state index in [9.17, 15) is 10.2 Å². The molecule has 1 heterocycles. The average molecular weight is 253 g/mol. The van der Waals surface area contributed by atoms with Crippen molar-refractivity contribution >= 4 is 5.69 Å². The van der Waals surface area contributed by atoms with E-state index in [0.29, 0.717) is 13.0 Å². The Morgan fingerprint density at radius 1 is 1.33 bits per heavy atom. The van der Waals surface area contributed by atoms with Gasteiger partial charge in [0.2, 0.25) is 0 Å². The summed E-state index contributed by atoms with van der Waals surface area (Å²) in [5.74, 6) is 0. The lowest BCUT2D eigenvalue weighted by Crippen LogP contribution is -2.45. The number of nitrogens with one attached hydrogen (secondary N) is 1. The largest absolute Gasteiger partial charge is 0.394 e. The van der Waals surface area contributed by atoms with Gasteiger partial charge in [0, 0.05) is 29.2 Å². The third-order valence-electron chi connectivity index (χ3n) is 3.35. The van der Waals surface area contributed by atoms with Crippen LogP contribution in [0.4, 0.5) is 5.69 Å². The molecule has 5 N–H and O–H groups in total. The Bertz CT molecular complexity index is 395. The number of hydrogen-bond donors (Lipinski definition) is 4. The first-order valence-corrected chi connectivity index (χ1v) is 6.19. The SMILES string of the molecule is CCC(CO)(CO)Nc1cc(C)nc(C)c1CN. The zero-order valence-corrected chi connectivity index (χ0v) is 11.3. The van der Waals surface area contributed by atoms with E-state index in [0.717, 1.165) is 22.6 Å². The van der Waals surface area contributed by atoms with Crippen molar-refractivity contribution in [3.8, 4) is 0 Å². The highest BCUT2D eigenvalue weighted by Gasteiger charge is 2.27. The molecule has 5 nitrogen and oxygen atoms in total. The fourth-order valence-corrected chi connectivity index (χ4v) is 1.95. The molecule has 0 unspecified atom stereocenters. The minimum Gasteiger partial charge on any atom is -0.394 e. The van der Waals surface area contributed by atoms with Crippen LogP contribution in [0.25, 0.3) is 0 Å². The highest BCUT2D eigenvalue weighted by atomic mass is 16.3. The van der Waals surface area contributed by atoms with Crippen molar-refractivity contribution in [2.75, 3.05) is 18.5 Å². The van der Waals surface area contributed by atoms with Gasteiger partial charge in [-0.3, -0.25) is 4.98 Å². The van der Waals surface area contributed by atoms with Crippen LogP contribution in [-0.4, -0.2) is 33.9 Å². The molecule has 1 aromatic rings.